The maximum Gasteiger partial charge on any atom is 0.255 e. The van der Waals surface area contributed by atoms with E-state index in [9.17, 15) is 39.9 Å². The molecule has 0 bridgehead atoms. The SMILES string of the molecule is C[C@H]1c2ccc(CNC3CCN(C)CC3)c(O)c2C(=O)C2=C(O)[C@]3(O)C(=O)C(C(N)=O)=C(O)C[C@@H]3[C@@H](O)[C@@H]21. The van der Waals surface area contributed by atoms with Gasteiger partial charge in [-0.15, -0.1) is 0 Å². The van der Waals surface area contributed by atoms with Crippen molar-refractivity contribution in [2.45, 2.75) is 56.4 Å². The molecule has 5 rings (SSSR count). The van der Waals surface area contributed by atoms with Crippen molar-refractivity contribution in [1.29, 1.82) is 0 Å². The van der Waals surface area contributed by atoms with Gasteiger partial charge in [0.25, 0.3) is 5.91 Å². The first-order chi connectivity index (χ1) is 17.9. The summed E-state index contributed by atoms with van der Waals surface area (Å²) >= 11 is 0. The third kappa shape index (κ3) is 3.68. The molecular weight excluding hydrogens is 494 g/mol. The number of nitrogens with one attached hydrogen (secondary N) is 1. The van der Waals surface area contributed by atoms with E-state index >= 15 is 0 Å². The highest BCUT2D eigenvalue weighted by Gasteiger charge is 2.64. The zero-order valence-corrected chi connectivity index (χ0v) is 21.3. The first kappa shape index (κ1) is 26.4. The van der Waals surface area contributed by atoms with E-state index in [1.807, 2.05) is 0 Å². The smallest absolute Gasteiger partial charge is 0.255 e. The highest BCUT2D eigenvalue weighted by molar-refractivity contribution is 6.24. The number of Topliss-reactive ketones (excluding diaryl/α,β-unsaturated/α-hetero) is 2. The van der Waals surface area contributed by atoms with Crippen molar-refractivity contribution >= 4 is 17.5 Å². The van der Waals surface area contributed by atoms with E-state index in [1.54, 1.807) is 19.1 Å². The quantitative estimate of drug-likeness (QED) is 0.268. The molecule has 3 aliphatic carbocycles. The minimum absolute atomic E-state index is 0.0657. The standard InChI is InChI=1S/C27H33N3O8/c1-11-14-4-3-12(10-29-13-5-7-30(2)8-6-13)21(32)18(14)23(34)20-17(11)22(33)15-9-16(31)19(26(28)37)24(35)27(15,38)25(20)36/h3-4,11,13,15,17,22,29,31-33,36,38H,5-10H2,1-2H3,(H2,28,37)/t11-,15+,17+,22+,27+/m0/s1. The summed E-state index contributed by atoms with van der Waals surface area (Å²) in [5.74, 6) is -8.51. The normalized spacial score (nSPS) is 32.2. The number of allylic oxidation sites excluding steroid dienone is 1. The lowest BCUT2D eigenvalue weighted by Gasteiger charge is -2.50. The van der Waals surface area contributed by atoms with Gasteiger partial charge in [0.15, 0.2) is 11.4 Å². The fourth-order valence-electron chi connectivity index (χ4n) is 6.65. The molecule has 1 aromatic rings. The van der Waals surface area contributed by atoms with Gasteiger partial charge in [0.1, 0.15) is 22.8 Å². The molecule has 8 N–H and O–H groups in total. The fraction of sp³-hybridized carbons (Fsp3) is 0.519. The maximum absolute atomic E-state index is 13.8. The number of primary amides is 1. The van der Waals surface area contributed by atoms with Crippen molar-refractivity contribution in [3.05, 3.63) is 51.5 Å². The van der Waals surface area contributed by atoms with Crippen LogP contribution in [-0.4, -0.2) is 85.8 Å². The molecule has 1 aromatic carbocycles. The van der Waals surface area contributed by atoms with Gasteiger partial charge in [-0.05, 0) is 44.5 Å². The first-order valence-corrected chi connectivity index (χ1v) is 12.8. The number of benzene rings is 1. The monoisotopic (exact) mass is 527 g/mol. The van der Waals surface area contributed by atoms with E-state index in [-0.39, 0.29) is 17.4 Å². The lowest BCUT2D eigenvalue weighted by molar-refractivity contribution is -0.154. The summed E-state index contributed by atoms with van der Waals surface area (Å²) in [5.41, 5.74) is 1.98. The maximum atomic E-state index is 13.8. The number of nitrogens with zero attached hydrogens (tertiary/aromatic N) is 1. The second kappa shape index (κ2) is 9.19. The van der Waals surface area contributed by atoms with Gasteiger partial charge in [0, 0.05) is 42.0 Å². The van der Waals surface area contributed by atoms with Crippen LogP contribution in [-0.2, 0) is 16.1 Å². The molecule has 11 heteroatoms. The number of hydrogen-bond donors (Lipinski definition) is 7. The number of likely N-dealkylation sites (tertiary alicyclic amines) is 1. The second-order valence-electron chi connectivity index (χ2n) is 11.0. The summed E-state index contributed by atoms with van der Waals surface area (Å²) in [6, 6.07) is 3.69. The van der Waals surface area contributed by atoms with Crippen LogP contribution in [0.25, 0.3) is 0 Å². The Morgan fingerprint density at radius 2 is 1.84 bits per heavy atom. The largest absolute Gasteiger partial charge is 0.511 e. The van der Waals surface area contributed by atoms with Crippen LogP contribution in [0.3, 0.4) is 0 Å². The number of aromatic hydroxyl groups is 1. The number of nitrogens with two attached hydrogens (primary N) is 1. The lowest BCUT2D eigenvalue weighted by atomic mass is 9.56. The number of rotatable bonds is 4. The number of fused-ring (bicyclic) bond motifs is 3. The number of phenolic OH excluding ortho intramolecular Hbond substituents is 1. The highest BCUT2D eigenvalue weighted by Crippen LogP contribution is 2.55. The number of piperidine rings is 1. The van der Waals surface area contributed by atoms with Crippen LogP contribution in [0.1, 0.15) is 53.6 Å². The van der Waals surface area contributed by atoms with E-state index in [0.29, 0.717) is 17.7 Å². The van der Waals surface area contributed by atoms with Crippen molar-refractivity contribution in [2.75, 3.05) is 20.1 Å². The van der Waals surface area contributed by atoms with E-state index < -0.39 is 76.0 Å². The van der Waals surface area contributed by atoms with Crippen molar-refractivity contribution in [3.8, 4) is 5.75 Å². The molecule has 11 nitrogen and oxygen atoms in total. The minimum atomic E-state index is -2.84. The molecular formula is C27H33N3O8. The van der Waals surface area contributed by atoms with Crippen LogP contribution < -0.4 is 11.1 Å². The van der Waals surface area contributed by atoms with E-state index in [2.05, 4.69) is 17.3 Å². The number of ketones is 2. The van der Waals surface area contributed by atoms with Gasteiger partial charge in [-0.1, -0.05) is 19.1 Å². The van der Waals surface area contributed by atoms with Crippen molar-refractivity contribution in [2.24, 2.45) is 17.6 Å². The van der Waals surface area contributed by atoms with Crippen molar-refractivity contribution in [1.82, 2.24) is 10.2 Å². The molecule has 1 amide bonds. The van der Waals surface area contributed by atoms with Gasteiger partial charge in [0.2, 0.25) is 5.78 Å². The molecule has 0 saturated carbocycles. The second-order valence-corrected chi connectivity index (χ2v) is 11.0. The number of hydrogen-bond acceptors (Lipinski definition) is 10. The molecule has 4 aliphatic rings. The predicted molar refractivity (Wildman–Crippen MR) is 134 cm³/mol. The fourth-order valence-corrected chi connectivity index (χ4v) is 6.65. The highest BCUT2D eigenvalue weighted by atomic mass is 16.4. The third-order valence-electron chi connectivity index (χ3n) is 8.88. The Bertz CT molecular complexity index is 1300. The van der Waals surface area contributed by atoms with Crippen molar-refractivity contribution < 1.29 is 39.9 Å². The summed E-state index contributed by atoms with van der Waals surface area (Å²) in [7, 11) is 2.06. The summed E-state index contributed by atoms with van der Waals surface area (Å²) in [6.07, 6.45) is -0.144. The van der Waals surface area contributed by atoms with Crippen LogP contribution in [0.4, 0.5) is 0 Å². The molecule has 0 aromatic heterocycles. The minimum Gasteiger partial charge on any atom is -0.511 e. The van der Waals surface area contributed by atoms with Gasteiger partial charge < -0.3 is 41.5 Å². The number of aliphatic hydroxyl groups excluding tert-OH is 3. The molecule has 1 fully saturated rings. The third-order valence-corrected chi connectivity index (χ3v) is 8.88. The van der Waals surface area contributed by atoms with E-state index in [1.165, 1.54) is 0 Å². The predicted octanol–water partition coefficient (Wildman–Crippen LogP) is 0.296. The summed E-state index contributed by atoms with van der Waals surface area (Å²) in [5, 5.41) is 58.8. The molecule has 0 spiro atoms. The van der Waals surface area contributed by atoms with Crippen LogP contribution >= 0.6 is 0 Å². The Morgan fingerprint density at radius 1 is 1.18 bits per heavy atom. The molecule has 1 heterocycles. The molecule has 38 heavy (non-hydrogen) atoms. The van der Waals surface area contributed by atoms with E-state index in [0.717, 1.165) is 25.9 Å². The number of aliphatic hydroxyl groups is 4. The Morgan fingerprint density at radius 3 is 2.47 bits per heavy atom. The molecule has 1 saturated heterocycles. The van der Waals surface area contributed by atoms with Gasteiger partial charge in [-0.2, -0.15) is 0 Å². The molecule has 204 valence electrons. The van der Waals surface area contributed by atoms with Crippen LogP contribution in [0.2, 0.25) is 0 Å². The number of phenols is 1. The number of carbonyl (C=O) groups is 3. The zero-order chi connectivity index (χ0) is 27.7. The van der Waals surface area contributed by atoms with Gasteiger partial charge in [-0.25, -0.2) is 0 Å². The molecule has 5 atom stereocenters. The molecule has 1 aliphatic heterocycles. The van der Waals surface area contributed by atoms with Gasteiger partial charge in [0.05, 0.1) is 11.7 Å². The van der Waals surface area contributed by atoms with Crippen molar-refractivity contribution in [3.63, 3.8) is 0 Å². The molecule has 0 unspecified atom stereocenters. The molecule has 0 radical (unpaired) electrons. The first-order valence-electron chi connectivity index (χ1n) is 12.8. The van der Waals surface area contributed by atoms with E-state index in [4.69, 9.17) is 5.73 Å². The van der Waals surface area contributed by atoms with Crippen LogP contribution in [0.5, 0.6) is 5.75 Å². The lowest BCUT2D eigenvalue weighted by Crippen LogP contribution is -2.62. The average Bonchev–Trinajstić information content (AvgIpc) is 2.86. The summed E-state index contributed by atoms with van der Waals surface area (Å²) in [4.78, 5) is 41.0. The summed E-state index contributed by atoms with van der Waals surface area (Å²) in [6.45, 7) is 3.92. The Labute approximate surface area is 219 Å². The Hall–Kier alpha value is -3.25. The van der Waals surface area contributed by atoms with Crippen LogP contribution in [0.15, 0.2) is 34.8 Å². The number of amides is 1. The van der Waals surface area contributed by atoms with Gasteiger partial charge >= 0.3 is 0 Å². The summed E-state index contributed by atoms with van der Waals surface area (Å²) < 4.78 is 0. The van der Waals surface area contributed by atoms with Gasteiger partial charge in [-0.3, -0.25) is 14.4 Å². The average molecular weight is 528 g/mol. The zero-order valence-electron chi connectivity index (χ0n) is 21.3. The van der Waals surface area contributed by atoms with Crippen LogP contribution in [0, 0.1) is 11.8 Å². The topological polar surface area (TPSA) is 194 Å². The Kier molecular flexibility index (Phi) is 6.38. The Balaban J connectivity index is 1.55. The number of carbonyl (C=O) groups excluding carboxylic acids is 3.